The van der Waals surface area contributed by atoms with Gasteiger partial charge in [0.25, 0.3) is 0 Å². The summed E-state index contributed by atoms with van der Waals surface area (Å²) in [5.74, 6) is 0.491. The molecule has 6 nitrogen and oxygen atoms in total. The van der Waals surface area contributed by atoms with E-state index in [1.54, 1.807) is 50.6 Å². The lowest BCUT2D eigenvalue weighted by Crippen LogP contribution is -2.56. The second kappa shape index (κ2) is 10.6. The molecule has 2 N–H and O–H groups in total. The van der Waals surface area contributed by atoms with Gasteiger partial charge in [-0.25, -0.2) is 0 Å². The zero-order valence-corrected chi connectivity index (χ0v) is 20.4. The van der Waals surface area contributed by atoms with Crippen molar-refractivity contribution in [3.8, 4) is 11.5 Å². The van der Waals surface area contributed by atoms with Crippen LogP contribution in [0.1, 0.15) is 40.9 Å². The number of aliphatic hydroxyl groups is 2. The van der Waals surface area contributed by atoms with Gasteiger partial charge in [0.1, 0.15) is 17.1 Å². The van der Waals surface area contributed by atoms with Crippen LogP contribution in [0.15, 0.2) is 78.9 Å². The average molecular weight is 476 g/mol. The number of aliphatic hydroxyl groups excluding tert-OH is 1. The van der Waals surface area contributed by atoms with E-state index in [1.807, 2.05) is 49.4 Å². The Morgan fingerprint density at radius 3 is 2.09 bits per heavy atom. The molecule has 4 rings (SSSR count). The molecule has 0 bridgehead atoms. The van der Waals surface area contributed by atoms with Crippen molar-refractivity contribution < 1.29 is 24.5 Å². The Kier molecular flexibility index (Phi) is 7.55. The van der Waals surface area contributed by atoms with Gasteiger partial charge in [-0.15, -0.1) is 0 Å². The van der Waals surface area contributed by atoms with E-state index >= 15 is 0 Å². The second-order valence-corrected chi connectivity index (χ2v) is 9.14. The predicted octanol–water partition coefficient (Wildman–Crippen LogP) is 4.22. The molecule has 35 heavy (non-hydrogen) atoms. The summed E-state index contributed by atoms with van der Waals surface area (Å²) in [5, 5.41) is 23.0. The maximum Gasteiger partial charge on any atom is 0.170 e. The first-order valence-electron chi connectivity index (χ1n) is 11.9. The van der Waals surface area contributed by atoms with Gasteiger partial charge >= 0.3 is 0 Å². The zero-order valence-electron chi connectivity index (χ0n) is 20.4. The molecule has 6 heteroatoms. The van der Waals surface area contributed by atoms with Crippen LogP contribution < -0.4 is 9.47 Å². The van der Waals surface area contributed by atoms with Crippen LogP contribution in [0.3, 0.4) is 0 Å². The summed E-state index contributed by atoms with van der Waals surface area (Å²) in [6, 6.07) is 23.5. The third kappa shape index (κ3) is 5.10. The van der Waals surface area contributed by atoms with E-state index in [2.05, 4.69) is 4.90 Å². The first-order valence-corrected chi connectivity index (χ1v) is 11.9. The van der Waals surface area contributed by atoms with E-state index in [0.29, 0.717) is 42.1 Å². The fraction of sp³-hybridized carbons (Fsp3) is 0.345. The lowest BCUT2D eigenvalue weighted by Gasteiger charge is -2.47. The predicted molar refractivity (Wildman–Crippen MR) is 135 cm³/mol. The number of carbonyl (C=O) groups is 1. The molecule has 184 valence electrons. The van der Waals surface area contributed by atoms with Crippen LogP contribution in [0.25, 0.3) is 0 Å². The van der Waals surface area contributed by atoms with Gasteiger partial charge in [0.2, 0.25) is 0 Å². The normalized spacial score (nSPS) is 22.3. The molecular formula is C29H33NO5. The maximum atomic E-state index is 13.8. The number of Topliss-reactive ketones (excluding diaryl/α,β-unsaturated/α-hetero) is 1. The van der Waals surface area contributed by atoms with Crippen molar-refractivity contribution >= 4 is 5.78 Å². The first-order chi connectivity index (χ1) is 16.9. The SMILES string of the molecule is COc1ccc(C(=O)C2CN(C(C)C(O)c3ccccc3)CCC2(O)c2ccc(OC)cc2)cc1. The maximum absolute atomic E-state index is 13.8. The lowest BCUT2D eigenvalue weighted by atomic mass is 9.72. The number of ketones is 1. The Hall–Kier alpha value is -3.19. The van der Waals surface area contributed by atoms with Crippen LogP contribution in [-0.4, -0.2) is 54.2 Å². The summed E-state index contributed by atoms with van der Waals surface area (Å²) in [5.41, 5.74) is 0.674. The fourth-order valence-corrected chi connectivity index (χ4v) is 4.94. The Morgan fingerprint density at radius 1 is 0.943 bits per heavy atom. The van der Waals surface area contributed by atoms with Crippen molar-refractivity contribution in [1.29, 1.82) is 0 Å². The van der Waals surface area contributed by atoms with E-state index in [4.69, 9.17) is 9.47 Å². The van der Waals surface area contributed by atoms with Crippen molar-refractivity contribution in [2.45, 2.75) is 31.1 Å². The highest BCUT2D eigenvalue weighted by Gasteiger charge is 2.48. The molecule has 1 fully saturated rings. The van der Waals surface area contributed by atoms with Crippen molar-refractivity contribution in [2.24, 2.45) is 5.92 Å². The van der Waals surface area contributed by atoms with Gasteiger partial charge in [0.05, 0.1) is 26.2 Å². The van der Waals surface area contributed by atoms with Crippen LogP contribution in [0.2, 0.25) is 0 Å². The monoisotopic (exact) mass is 475 g/mol. The highest BCUT2D eigenvalue weighted by Crippen LogP contribution is 2.41. The van der Waals surface area contributed by atoms with Gasteiger partial charge in [-0.3, -0.25) is 9.69 Å². The summed E-state index contributed by atoms with van der Waals surface area (Å²) in [7, 11) is 3.18. The molecule has 0 aliphatic carbocycles. The minimum Gasteiger partial charge on any atom is -0.497 e. The minimum atomic E-state index is -1.35. The molecule has 0 amide bonds. The molecule has 4 unspecified atom stereocenters. The molecular weight excluding hydrogens is 442 g/mol. The number of rotatable bonds is 8. The molecule has 0 aromatic heterocycles. The van der Waals surface area contributed by atoms with E-state index in [-0.39, 0.29) is 11.8 Å². The fourth-order valence-electron chi connectivity index (χ4n) is 4.94. The number of nitrogens with zero attached hydrogens (tertiary/aromatic N) is 1. The van der Waals surface area contributed by atoms with Gasteiger partial charge in [0, 0.05) is 24.7 Å². The van der Waals surface area contributed by atoms with Crippen LogP contribution in [0.4, 0.5) is 0 Å². The van der Waals surface area contributed by atoms with Crippen LogP contribution in [-0.2, 0) is 5.60 Å². The van der Waals surface area contributed by atoms with E-state index in [0.717, 1.165) is 5.56 Å². The molecule has 3 aromatic rings. The van der Waals surface area contributed by atoms with Gasteiger partial charge in [0.15, 0.2) is 5.78 Å². The summed E-state index contributed by atoms with van der Waals surface area (Å²) < 4.78 is 10.5. The van der Waals surface area contributed by atoms with Gasteiger partial charge in [-0.1, -0.05) is 42.5 Å². The standard InChI is InChI=1S/C29H33NO5/c1-20(27(31)21-7-5-4-6-8-21)30-18-17-29(33,23-11-15-25(35-3)16-12-23)26(19-30)28(32)22-9-13-24(34-2)14-10-22/h4-16,20,26-27,31,33H,17-19H2,1-3H3. The van der Waals surface area contributed by atoms with Gasteiger partial charge < -0.3 is 19.7 Å². The molecule has 1 heterocycles. The second-order valence-electron chi connectivity index (χ2n) is 9.14. The Bertz CT molecular complexity index is 1120. The third-order valence-corrected chi connectivity index (χ3v) is 7.23. The van der Waals surface area contributed by atoms with E-state index in [1.165, 1.54) is 0 Å². The van der Waals surface area contributed by atoms with E-state index in [9.17, 15) is 15.0 Å². The van der Waals surface area contributed by atoms with Crippen molar-refractivity contribution in [1.82, 2.24) is 4.90 Å². The minimum absolute atomic E-state index is 0.142. The number of hydrogen-bond acceptors (Lipinski definition) is 6. The Morgan fingerprint density at radius 2 is 1.51 bits per heavy atom. The quantitative estimate of drug-likeness (QED) is 0.475. The summed E-state index contributed by atoms with van der Waals surface area (Å²) in [6.07, 6.45) is -0.349. The number of methoxy groups -OCH3 is 2. The number of benzene rings is 3. The highest BCUT2D eigenvalue weighted by atomic mass is 16.5. The van der Waals surface area contributed by atoms with E-state index < -0.39 is 17.6 Å². The number of likely N-dealkylation sites (tertiary alicyclic amines) is 1. The van der Waals surface area contributed by atoms with Crippen molar-refractivity contribution in [2.75, 3.05) is 27.3 Å². The summed E-state index contributed by atoms with van der Waals surface area (Å²) in [6.45, 7) is 2.82. The number of hydrogen-bond donors (Lipinski definition) is 2. The van der Waals surface area contributed by atoms with Gasteiger partial charge in [-0.05, 0) is 60.9 Å². The van der Waals surface area contributed by atoms with Crippen LogP contribution in [0.5, 0.6) is 11.5 Å². The first kappa shape index (κ1) is 24.9. The molecule has 1 aliphatic heterocycles. The lowest BCUT2D eigenvalue weighted by molar-refractivity contribution is -0.0823. The molecule has 0 saturated carbocycles. The molecule has 0 spiro atoms. The van der Waals surface area contributed by atoms with Crippen molar-refractivity contribution in [3.63, 3.8) is 0 Å². The largest absolute Gasteiger partial charge is 0.497 e. The smallest absolute Gasteiger partial charge is 0.170 e. The topological polar surface area (TPSA) is 79.2 Å². The number of piperidine rings is 1. The molecule has 3 aromatic carbocycles. The van der Waals surface area contributed by atoms with Crippen LogP contribution >= 0.6 is 0 Å². The summed E-state index contributed by atoms with van der Waals surface area (Å²) in [4.78, 5) is 15.9. The zero-order chi connectivity index (χ0) is 25.0. The summed E-state index contributed by atoms with van der Waals surface area (Å²) >= 11 is 0. The van der Waals surface area contributed by atoms with Crippen LogP contribution in [0, 0.1) is 5.92 Å². The van der Waals surface area contributed by atoms with Crippen molar-refractivity contribution in [3.05, 3.63) is 95.6 Å². The number of ether oxygens (including phenoxy) is 2. The highest BCUT2D eigenvalue weighted by molar-refractivity contribution is 5.99. The Balaban J connectivity index is 1.66. The third-order valence-electron chi connectivity index (χ3n) is 7.23. The number of carbonyl (C=O) groups excluding carboxylic acids is 1. The molecule has 1 aliphatic rings. The molecule has 1 saturated heterocycles. The molecule has 4 atom stereocenters. The average Bonchev–Trinajstić information content (AvgIpc) is 2.92. The molecule has 0 radical (unpaired) electrons. The Labute approximate surface area is 206 Å². The van der Waals surface area contributed by atoms with Gasteiger partial charge in [-0.2, -0.15) is 0 Å².